The molecule has 3 heteroatoms. The van der Waals surface area contributed by atoms with Crippen LogP contribution in [0, 0.1) is 0 Å². The lowest BCUT2D eigenvalue weighted by atomic mass is 10.1. The van der Waals surface area contributed by atoms with Gasteiger partial charge < -0.3 is 15.2 Å². The lowest BCUT2D eigenvalue weighted by Gasteiger charge is -2.17. The van der Waals surface area contributed by atoms with E-state index in [0.717, 1.165) is 19.4 Å². The van der Waals surface area contributed by atoms with E-state index in [-0.39, 0.29) is 6.10 Å². The Morgan fingerprint density at radius 3 is 2.92 bits per heavy atom. The Labute approximate surface area is 74.1 Å². The SMILES string of the molecule is CCC(O)CNC1CCOC1C. The van der Waals surface area contributed by atoms with Crippen LogP contribution in [0.2, 0.25) is 0 Å². The van der Waals surface area contributed by atoms with Gasteiger partial charge in [-0.1, -0.05) is 6.92 Å². The Morgan fingerprint density at radius 1 is 1.67 bits per heavy atom. The van der Waals surface area contributed by atoms with Crippen LogP contribution >= 0.6 is 0 Å². The average Bonchev–Trinajstić information content (AvgIpc) is 2.47. The van der Waals surface area contributed by atoms with Crippen LogP contribution in [0.1, 0.15) is 26.7 Å². The van der Waals surface area contributed by atoms with Gasteiger partial charge in [0.05, 0.1) is 12.2 Å². The fraction of sp³-hybridized carbons (Fsp3) is 1.00. The first kappa shape index (κ1) is 9.96. The molecule has 2 N–H and O–H groups in total. The van der Waals surface area contributed by atoms with E-state index in [1.54, 1.807) is 0 Å². The predicted octanol–water partition coefficient (Wildman–Crippen LogP) is 0.524. The summed E-state index contributed by atoms with van der Waals surface area (Å²) in [6, 6.07) is 0.436. The topological polar surface area (TPSA) is 41.5 Å². The number of rotatable bonds is 4. The van der Waals surface area contributed by atoms with E-state index in [0.29, 0.717) is 18.7 Å². The lowest BCUT2D eigenvalue weighted by Crippen LogP contribution is -2.39. The van der Waals surface area contributed by atoms with Crippen LogP contribution in [0.15, 0.2) is 0 Å². The number of ether oxygens (including phenoxy) is 1. The minimum absolute atomic E-state index is 0.210. The number of aliphatic hydroxyl groups is 1. The first-order chi connectivity index (χ1) is 5.74. The zero-order valence-corrected chi connectivity index (χ0v) is 7.92. The van der Waals surface area contributed by atoms with Crippen molar-refractivity contribution in [2.45, 2.75) is 44.9 Å². The van der Waals surface area contributed by atoms with Crippen LogP contribution in [0.4, 0.5) is 0 Å². The van der Waals surface area contributed by atoms with Gasteiger partial charge in [0.1, 0.15) is 0 Å². The Morgan fingerprint density at radius 2 is 2.42 bits per heavy atom. The van der Waals surface area contributed by atoms with E-state index in [4.69, 9.17) is 4.74 Å². The van der Waals surface area contributed by atoms with Crippen LogP contribution in [0.3, 0.4) is 0 Å². The molecule has 0 amide bonds. The molecule has 72 valence electrons. The first-order valence-corrected chi connectivity index (χ1v) is 4.77. The predicted molar refractivity (Wildman–Crippen MR) is 48.1 cm³/mol. The Kier molecular flexibility index (Phi) is 3.98. The molecule has 0 bridgehead atoms. The van der Waals surface area contributed by atoms with Gasteiger partial charge in [0.25, 0.3) is 0 Å². The number of hydrogen-bond acceptors (Lipinski definition) is 3. The fourth-order valence-corrected chi connectivity index (χ4v) is 1.43. The fourth-order valence-electron chi connectivity index (χ4n) is 1.43. The molecule has 1 fully saturated rings. The minimum atomic E-state index is -0.210. The van der Waals surface area contributed by atoms with Crippen molar-refractivity contribution < 1.29 is 9.84 Å². The first-order valence-electron chi connectivity index (χ1n) is 4.77. The highest BCUT2D eigenvalue weighted by atomic mass is 16.5. The zero-order chi connectivity index (χ0) is 8.97. The third-order valence-electron chi connectivity index (χ3n) is 2.46. The van der Waals surface area contributed by atoms with Crippen molar-refractivity contribution in [3.8, 4) is 0 Å². The van der Waals surface area contributed by atoms with E-state index in [9.17, 15) is 5.11 Å². The molecule has 1 aliphatic heterocycles. The summed E-state index contributed by atoms with van der Waals surface area (Å²) >= 11 is 0. The van der Waals surface area contributed by atoms with Gasteiger partial charge in [-0.05, 0) is 19.8 Å². The quantitative estimate of drug-likeness (QED) is 0.651. The van der Waals surface area contributed by atoms with Crippen molar-refractivity contribution in [2.24, 2.45) is 0 Å². The van der Waals surface area contributed by atoms with Crippen molar-refractivity contribution in [2.75, 3.05) is 13.2 Å². The van der Waals surface area contributed by atoms with Crippen molar-refractivity contribution in [1.82, 2.24) is 5.32 Å². The number of hydrogen-bond donors (Lipinski definition) is 2. The summed E-state index contributed by atoms with van der Waals surface area (Å²) < 4.78 is 5.39. The zero-order valence-electron chi connectivity index (χ0n) is 7.92. The van der Waals surface area contributed by atoms with Gasteiger partial charge in [0.15, 0.2) is 0 Å². The Balaban J connectivity index is 2.13. The van der Waals surface area contributed by atoms with Crippen molar-refractivity contribution in [1.29, 1.82) is 0 Å². The van der Waals surface area contributed by atoms with E-state index in [1.165, 1.54) is 0 Å². The molecule has 0 radical (unpaired) electrons. The second-order valence-electron chi connectivity index (χ2n) is 3.44. The second-order valence-corrected chi connectivity index (χ2v) is 3.44. The van der Waals surface area contributed by atoms with Gasteiger partial charge in [-0.3, -0.25) is 0 Å². The molecule has 1 aliphatic rings. The van der Waals surface area contributed by atoms with Crippen molar-refractivity contribution in [3.63, 3.8) is 0 Å². The molecule has 3 nitrogen and oxygen atoms in total. The highest BCUT2D eigenvalue weighted by molar-refractivity contribution is 4.79. The maximum Gasteiger partial charge on any atom is 0.0700 e. The molecule has 0 aliphatic carbocycles. The van der Waals surface area contributed by atoms with E-state index < -0.39 is 0 Å². The summed E-state index contributed by atoms with van der Waals surface area (Å²) in [5, 5.41) is 12.6. The van der Waals surface area contributed by atoms with Crippen LogP contribution in [-0.4, -0.2) is 36.5 Å². The van der Waals surface area contributed by atoms with Gasteiger partial charge in [0.2, 0.25) is 0 Å². The monoisotopic (exact) mass is 173 g/mol. The lowest BCUT2D eigenvalue weighted by molar-refractivity contribution is 0.106. The van der Waals surface area contributed by atoms with Gasteiger partial charge in [-0.2, -0.15) is 0 Å². The molecule has 1 heterocycles. The molecule has 3 unspecified atom stereocenters. The largest absolute Gasteiger partial charge is 0.392 e. The van der Waals surface area contributed by atoms with Crippen LogP contribution in [-0.2, 0) is 4.74 Å². The summed E-state index contributed by atoms with van der Waals surface area (Å²) in [5.41, 5.74) is 0. The normalized spacial score (nSPS) is 32.2. The van der Waals surface area contributed by atoms with Gasteiger partial charge in [-0.25, -0.2) is 0 Å². The van der Waals surface area contributed by atoms with Crippen molar-refractivity contribution >= 4 is 0 Å². The van der Waals surface area contributed by atoms with E-state index in [1.807, 2.05) is 6.92 Å². The molecule has 0 aromatic heterocycles. The van der Waals surface area contributed by atoms with Crippen molar-refractivity contribution in [3.05, 3.63) is 0 Å². The maximum atomic E-state index is 9.30. The summed E-state index contributed by atoms with van der Waals surface area (Å²) in [5.74, 6) is 0. The smallest absolute Gasteiger partial charge is 0.0700 e. The summed E-state index contributed by atoms with van der Waals surface area (Å²) in [6.07, 6.45) is 1.97. The molecule has 3 atom stereocenters. The molecule has 12 heavy (non-hydrogen) atoms. The molecule has 0 aromatic rings. The standard InChI is InChI=1S/C9H19NO2/c1-3-8(11)6-10-9-4-5-12-7(9)2/h7-11H,3-6H2,1-2H3. The Bertz CT molecular complexity index is 130. The summed E-state index contributed by atoms with van der Waals surface area (Å²) in [6.45, 7) is 5.60. The Hall–Kier alpha value is -0.120. The molecule has 0 spiro atoms. The number of nitrogens with one attached hydrogen (secondary N) is 1. The molecule has 0 saturated carbocycles. The van der Waals surface area contributed by atoms with Gasteiger partial charge in [0, 0.05) is 19.2 Å². The third kappa shape index (κ3) is 2.73. The van der Waals surface area contributed by atoms with Gasteiger partial charge in [-0.15, -0.1) is 0 Å². The number of aliphatic hydroxyl groups excluding tert-OH is 1. The maximum absolute atomic E-state index is 9.30. The minimum Gasteiger partial charge on any atom is -0.392 e. The van der Waals surface area contributed by atoms with E-state index >= 15 is 0 Å². The highest BCUT2D eigenvalue weighted by Crippen LogP contribution is 2.12. The molecule has 1 saturated heterocycles. The summed E-state index contributed by atoms with van der Waals surface area (Å²) in [4.78, 5) is 0. The van der Waals surface area contributed by atoms with Crippen LogP contribution in [0.25, 0.3) is 0 Å². The summed E-state index contributed by atoms with van der Waals surface area (Å²) in [7, 11) is 0. The van der Waals surface area contributed by atoms with Crippen LogP contribution in [0.5, 0.6) is 0 Å². The average molecular weight is 173 g/mol. The van der Waals surface area contributed by atoms with Crippen LogP contribution < -0.4 is 5.32 Å². The van der Waals surface area contributed by atoms with Gasteiger partial charge >= 0.3 is 0 Å². The molecular weight excluding hydrogens is 154 g/mol. The second kappa shape index (κ2) is 4.80. The molecular formula is C9H19NO2. The molecule has 0 aromatic carbocycles. The molecule has 1 rings (SSSR count). The highest BCUT2D eigenvalue weighted by Gasteiger charge is 2.23. The van der Waals surface area contributed by atoms with E-state index in [2.05, 4.69) is 12.2 Å². The third-order valence-corrected chi connectivity index (χ3v) is 2.46.